The third-order valence-corrected chi connectivity index (χ3v) is 5.88. The highest BCUT2D eigenvalue weighted by Crippen LogP contribution is 2.48. The van der Waals surface area contributed by atoms with Crippen LogP contribution in [0.2, 0.25) is 0 Å². The molecule has 2 nitrogen and oxygen atoms in total. The van der Waals surface area contributed by atoms with Gasteiger partial charge in [0, 0.05) is 6.07 Å². The topological polar surface area (TPSA) is 13.1 Å². The van der Waals surface area contributed by atoms with Gasteiger partial charge in [-0.25, -0.2) is 4.57 Å². The van der Waals surface area contributed by atoms with Gasteiger partial charge in [-0.3, -0.25) is 0 Å². The first-order valence-corrected chi connectivity index (χ1v) is 10.1. The molecule has 0 saturated heterocycles. The molecule has 5 rings (SSSR count). The molecule has 2 heterocycles. The molecule has 1 aromatic heterocycles. The summed E-state index contributed by atoms with van der Waals surface area (Å²) in [6.45, 7) is 8.89. The highest BCUT2D eigenvalue weighted by molar-refractivity contribution is 6.05. The lowest BCUT2D eigenvalue weighted by Crippen LogP contribution is -2.31. The number of fused-ring (bicyclic) bond motifs is 3. The van der Waals surface area contributed by atoms with Crippen LogP contribution in [-0.4, -0.2) is 0 Å². The smallest absolute Gasteiger partial charge is 0.228 e. The monoisotopic (exact) mass is 368 g/mol. The minimum Gasteiger partial charge on any atom is -0.456 e. The Labute approximate surface area is 166 Å². The lowest BCUT2D eigenvalue weighted by atomic mass is 9.90. The molecule has 0 aliphatic carbocycles. The van der Waals surface area contributed by atoms with Crippen LogP contribution >= 0.6 is 0 Å². The lowest BCUT2D eigenvalue weighted by molar-refractivity contribution is -0.659. The number of pyridine rings is 1. The van der Waals surface area contributed by atoms with Crippen LogP contribution in [0.4, 0.5) is 0 Å². The molecule has 0 bridgehead atoms. The van der Waals surface area contributed by atoms with Crippen molar-refractivity contribution in [3.8, 4) is 22.8 Å². The Balaban J connectivity index is 1.87. The molecular formula is C26H26NO+. The van der Waals surface area contributed by atoms with Gasteiger partial charge in [0.1, 0.15) is 18.5 Å². The van der Waals surface area contributed by atoms with Gasteiger partial charge in [0.25, 0.3) is 0 Å². The number of nitrogens with zero attached hydrogens (tertiary/aromatic N) is 1. The molecule has 0 fully saturated rings. The minimum atomic E-state index is 0.619. The van der Waals surface area contributed by atoms with E-state index in [0.717, 1.165) is 17.9 Å². The van der Waals surface area contributed by atoms with Crippen LogP contribution in [0.15, 0.2) is 48.7 Å². The van der Waals surface area contributed by atoms with Crippen molar-refractivity contribution in [2.45, 2.75) is 34.1 Å². The van der Waals surface area contributed by atoms with Gasteiger partial charge < -0.3 is 4.74 Å². The van der Waals surface area contributed by atoms with Crippen LogP contribution in [-0.2, 0) is 13.5 Å². The second-order valence-corrected chi connectivity index (χ2v) is 8.63. The second-order valence-electron chi connectivity index (χ2n) is 8.63. The predicted octanol–water partition coefficient (Wildman–Crippen LogP) is 6.41. The average molecular weight is 369 g/mol. The molecule has 2 heteroatoms. The third kappa shape index (κ3) is 2.51. The zero-order valence-electron chi connectivity index (χ0n) is 17.3. The molecule has 0 unspecified atom stereocenters. The summed E-state index contributed by atoms with van der Waals surface area (Å²) in [4.78, 5) is 0. The number of hydrogen-bond acceptors (Lipinski definition) is 1. The molecule has 1 aliphatic rings. The van der Waals surface area contributed by atoms with E-state index in [2.05, 4.69) is 88.0 Å². The zero-order chi connectivity index (χ0) is 19.6. The quantitative estimate of drug-likeness (QED) is 0.328. The van der Waals surface area contributed by atoms with Crippen LogP contribution in [0.25, 0.3) is 32.8 Å². The van der Waals surface area contributed by atoms with Gasteiger partial charge in [-0.15, -0.1) is 0 Å². The van der Waals surface area contributed by atoms with Crippen molar-refractivity contribution >= 4 is 21.5 Å². The predicted molar refractivity (Wildman–Crippen MR) is 116 cm³/mol. The first-order valence-electron chi connectivity index (χ1n) is 10.1. The van der Waals surface area contributed by atoms with Crippen molar-refractivity contribution in [1.29, 1.82) is 0 Å². The first-order chi connectivity index (χ1) is 13.4. The highest BCUT2D eigenvalue weighted by atomic mass is 16.5. The minimum absolute atomic E-state index is 0.619. The number of hydrogen-bond donors (Lipinski definition) is 0. The molecule has 0 saturated carbocycles. The number of aryl methyl sites for hydroxylation is 3. The molecule has 1 aliphatic heterocycles. The summed E-state index contributed by atoms with van der Waals surface area (Å²) >= 11 is 0. The van der Waals surface area contributed by atoms with Gasteiger partial charge >= 0.3 is 0 Å². The normalized spacial score (nSPS) is 12.5. The van der Waals surface area contributed by atoms with Crippen LogP contribution in [0.3, 0.4) is 0 Å². The number of aromatic nitrogens is 1. The molecular weight excluding hydrogens is 342 g/mol. The summed E-state index contributed by atoms with van der Waals surface area (Å²) in [5.41, 5.74) is 6.37. The Morgan fingerprint density at radius 1 is 0.929 bits per heavy atom. The molecule has 0 spiro atoms. The average Bonchev–Trinajstić information content (AvgIpc) is 2.63. The first kappa shape index (κ1) is 17.2. The van der Waals surface area contributed by atoms with E-state index in [4.69, 9.17) is 4.74 Å². The Hall–Kier alpha value is -2.87. The summed E-state index contributed by atoms with van der Waals surface area (Å²) in [5, 5.41) is 5.02. The van der Waals surface area contributed by atoms with Crippen molar-refractivity contribution in [1.82, 2.24) is 0 Å². The summed E-state index contributed by atoms with van der Waals surface area (Å²) in [5.74, 6) is 2.57. The van der Waals surface area contributed by atoms with Gasteiger partial charge in [0.15, 0.2) is 6.20 Å². The van der Waals surface area contributed by atoms with Gasteiger partial charge in [0.05, 0.1) is 10.9 Å². The van der Waals surface area contributed by atoms with E-state index in [9.17, 15) is 0 Å². The maximum Gasteiger partial charge on any atom is 0.228 e. The Kier molecular flexibility index (Phi) is 3.74. The van der Waals surface area contributed by atoms with Crippen molar-refractivity contribution in [2.75, 3.05) is 0 Å². The van der Waals surface area contributed by atoms with E-state index >= 15 is 0 Å². The van der Waals surface area contributed by atoms with Crippen molar-refractivity contribution in [3.63, 3.8) is 0 Å². The Bertz CT molecular complexity index is 1270. The van der Waals surface area contributed by atoms with Gasteiger partial charge in [-0.05, 0) is 65.6 Å². The number of benzene rings is 3. The fourth-order valence-electron chi connectivity index (χ4n) is 4.66. The highest BCUT2D eigenvalue weighted by Gasteiger charge is 2.30. The van der Waals surface area contributed by atoms with E-state index in [1.807, 2.05) is 0 Å². The van der Waals surface area contributed by atoms with E-state index in [-0.39, 0.29) is 0 Å². The standard InChI is InChI=1S/C26H26NO/c1-15(2)10-18-12-19-8-9-27(5)26-24-17(4)21-7-6-16(3)11-20(21)14-23(24)28-22(13-18)25(19)26/h6-9,11-15H,10H2,1-5H3/q+1. The number of rotatable bonds is 2. The number of ether oxygens (including phenoxy) is 1. The fraction of sp³-hybridized carbons (Fsp3) is 0.269. The molecule has 3 aromatic carbocycles. The van der Waals surface area contributed by atoms with Crippen LogP contribution in [0.5, 0.6) is 11.5 Å². The van der Waals surface area contributed by atoms with Gasteiger partial charge in [0.2, 0.25) is 5.69 Å². The van der Waals surface area contributed by atoms with Crippen molar-refractivity contribution < 1.29 is 9.30 Å². The second kappa shape index (κ2) is 6.07. The molecule has 0 radical (unpaired) electrons. The van der Waals surface area contributed by atoms with Crippen molar-refractivity contribution in [3.05, 3.63) is 65.4 Å². The molecule has 0 atom stereocenters. The van der Waals surface area contributed by atoms with Gasteiger partial charge in [-0.1, -0.05) is 43.7 Å². The maximum atomic E-state index is 6.54. The summed E-state index contributed by atoms with van der Waals surface area (Å²) in [6, 6.07) is 15.7. The summed E-state index contributed by atoms with van der Waals surface area (Å²) < 4.78 is 8.78. The fourth-order valence-corrected chi connectivity index (χ4v) is 4.66. The van der Waals surface area contributed by atoms with E-state index in [1.54, 1.807) is 0 Å². The molecule has 28 heavy (non-hydrogen) atoms. The molecule has 4 aromatic rings. The van der Waals surface area contributed by atoms with Gasteiger partial charge in [-0.2, -0.15) is 0 Å². The lowest BCUT2D eigenvalue weighted by Gasteiger charge is -2.23. The van der Waals surface area contributed by atoms with Crippen LogP contribution in [0.1, 0.15) is 30.5 Å². The van der Waals surface area contributed by atoms with Crippen molar-refractivity contribution in [2.24, 2.45) is 13.0 Å². The summed E-state index contributed by atoms with van der Waals surface area (Å²) in [7, 11) is 2.13. The van der Waals surface area contributed by atoms with Crippen LogP contribution in [0, 0.1) is 19.8 Å². The molecule has 0 N–H and O–H groups in total. The third-order valence-electron chi connectivity index (χ3n) is 5.88. The molecule has 0 amide bonds. The SMILES string of the molecule is Cc1ccc2c(C)c3c(cc2c1)Oc1cc(CC(C)C)cc2cc[n+](C)c-3c12. The van der Waals surface area contributed by atoms with Crippen LogP contribution < -0.4 is 9.30 Å². The van der Waals surface area contributed by atoms with E-state index in [1.165, 1.54) is 49.5 Å². The Morgan fingerprint density at radius 2 is 1.75 bits per heavy atom. The van der Waals surface area contributed by atoms with E-state index in [0.29, 0.717) is 5.92 Å². The Morgan fingerprint density at radius 3 is 2.54 bits per heavy atom. The summed E-state index contributed by atoms with van der Waals surface area (Å²) in [6.07, 6.45) is 3.24. The molecule has 140 valence electrons. The zero-order valence-corrected chi connectivity index (χ0v) is 17.3. The largest absolute Gasteiger partial charge is 0.456 e. The van der Waals surface area contributed by atoms with E-state index < -0.39 is 0 Å². The maximum absolute atomic E-state index is 6.54.